The number of hydrogen-bond donors (Lipinski definition) is 2. The number of imidazole rings is 1. The van der Waals surface area contributed by atoms with Crippen LogP contribution in [0.3, 0.4) is 0 Å². The number of nitrogens with zero attached hydrogens (tertiary/aromatic N) is 7. The monoisotopic (exact) mass is 319 g/mol. The van der Waals surface area contributed by atoms with E-state index in [2.05, 4.69) is 40.8 Å². The lowest BCUT2D eigenvalue weighted by Crippen LogP contribution is -2.23. The Hall–Kier alpha value is -2.56. The minimum Gasteiger partial charge on any atom is -0.340 e. The van der Waals surface area contributed by atoms with Gasteiger partial charge in [0.2, 0.25) is 11.1 Å². The van der Waals surface area contributed by atoms with Crippen LogP contribution in [0.15, 0.2) is 17.8 Å². The molecule has 114 valence electrons. The molecular formula is C11H13N9OS. The van der Waals surface area contributed by atoms with Crippen molar-refractivity contribution in [3.8, 4) is 0 Å². The third-order valence-electron chi connectivity index (χ3n) is 2.91. The molecule has 3 aromatic heterocycles. The van der Waals surface area contributed by atoms with E-state index in [1.54, 1.807) is 11.6 Å². The predicted octanol–water partition coefficient (Wildman–Crippen LogP) is 0.479. The molecule has 0 unspecified atom stereocenters. The molecule has 3 aromatic rings. The van der Waals surface area contributed by atoms with Gasteiger partial charge in [-0.05, 0) is 24.3 Å². The average Bonchev–Trinajstić information content (AvgIpc) is 3.16. The summed E-state index contributed by atoms with van der Waals surface area (Å²) in [5, 5.41) is 14.3. The van der Waals surface area contributed by atoms with Crippen molar-refractivity contribution in [2.75, 3.05) is 5.32 Å². The number of tetrazole rings is 1. The quantitative estimate of drug-likeness (QED) is 0.650. The number of carbonyl (C=O) groups excluding carboxylic acids is 1. The second-order valence-corrected chi connectivity index (χ2v) is 5.66. The van der Waals surface area contributed by atoms with Crippen molar-refractivity contribution in [3.63, 3.8) is 0 Å². The Bertz CT molecular complexity index is 798. The Morgan fingerprint density at radius 3 is 3.14 bits per heavy atom. The standard InChI is InChI=1S/C11H13N9OS/c1-3-20-11(17-18-19-20)22-6(2)10(21)16-9-7-8(13-4-12-7)14-5-15-9/h4-6H,3H2,1-2H3,(H2,12,13,14,15,16,21)/t6-/m0/s1. The number of amides is 1. The minimum absolute atomic E-state index is 0.203. The molecule has 1 atom stereocenters. The van der Waals surface area contributed by atoms with Crippen molar-refractivity contribution >= 4 is 34.7 Å². The number of aromatic nitrogens is 8. The molecular weight excluding hydrogens is 306 g/mol. The lowest BCUT2D eigenvalue weighted by molar-refractivity contribution is -0.115. The van der Waals surface area contributed by atoms with Crippen molar-refractivity contribution < 1.29 is 4.79 Å². The van der Waals surface area contributed by atoms with Gasteiger partial charge in [0, 0.05) is 6.54 Å². The Morgan fingerprint density at radius 2 is 2.32 bits per heavy atom. The van der Waals surface area contributed by atoms with Gasteiger partial charge in [0.05, 0.1) is 11.6 Å². The number of carbonyl (C=O) groups is 1. The van der Waals surface area contributed by atoms with E-state index in [0.717, 1.165) is 0 Å². The highest BCUT2D eigenvalue weighted by atomic mass is 32.2. The summed E-state index contributed by atoms with van der Waals surface area (Å²) in [4.78, 5) is 27.3. The van der Waals surface area contributed by atoms with Gasteiger partial charge in [0.1, 0.15) is 11.8 Å². The summed E-state index contributed by atoms with van der Waals surface area (Å²) >= 11 is 1.28. The normalized spacial score (nSPS) is 12.5. The van der Waals surface area contributed by atoms with Gasteiger partial charge in [0.15, 0.2) is 11.5 Å². The third-order valence-corrected chi connectivity index (χ3v) is 3.99. The lowest BCUT2D eigenvalue weighted by atomic mass is 10.4. The second kappa shape index (κ2) is 6.05. The van der Waals surface area contributed by atoms with Crippen LogP contribution in [0.25, 0.3) is 11.2 Å². The number of rotatable bonds is 5. The summed E-state index contributed by atoms with van der Waals surface area (Å²) in [5.41, 5.74) is 1.09. The number of aromatic amines is 1. The van der Waals surface area contributed by atoms with Crippen LogP contribution >= 0.6 is 11.8 Å². The molecule has 11 heteroatoms. The van der Waals surface area contributed by atoms with Gasteiger partial charge in [-0.3, -0.25) is 4.79 Å². The van der Waals surface area contributed by atoms with Crippen LogP contribution in [0.2, 0.25) is 0 Å². The van der Waals surface area contributed by atoms with Gasteiger partial charge < -0.3 is 10.3 Å². The molecule has 2 N–H and O–H groups in total. The van der Waals surface area contributed by atoms with Gasteiger partial charge in [-0.1, -0.05) is 11.8 Å². The first-order valence-electron chi connectivity index (χ1n) is 6.56. The number of aryl methyl sites for hydroxylation is 1. The first kappa shape index (κ1) is 14.4. The van der Waals surface area contributed by atoms with E-state index >= 15 is 0 Å². The number of nitrogens with one attached hydrogen (secondary N) is 2. The summed E-state index contributed by atoms with van der Waals surface area (Å²) in [7, 11) is 0. The second-order valence-electron chi connectivity index (χ2n) is 4.35. The molecule has 1 amide bonds. The maximum atomic E-state index is 12.3. The zero-order valence-corrected chi connectivity index (χ0v) is 12.7. The molecule has 0 bridgehead atoms. The number of hydrogen-bond acceptors (Lipinski definition) is 8. The summed E-state index contributed by atoms with van der Waals surface area (Å²) in [6, 6.07) is 0. The average molecular weight is 319 g/mol. The highest BCUT2D eigenvalue weighted by Crippen LogP contribution is 2.22. The van der Waals surface area contributed by atoms with Crippen molar-refractivity contribution in [3.05, 3.63) is 12.7 Å². The van der Waals surface area contributed by atoms with E-state index in [4.69, 9.17) is 0 Å². The molecule has 10 nitrogen and oxygen atoms in total. The molecule has 0 radical (unpaired) electrons. The van der Waals surface area contributed by atoms with Crippen LogP contribution < -0.4 is 5.32 Å². The smallest absolute Gasteiger partial charge is 0.238 e. The molecule has 0 aliphatic rings. The Balaban J connectivity index is 1.72. The maximum absolute atomic E-state index is 12.3. The zero-order valence-electron chi connectivity index (χ0n) is 11.9. The zero-order chi connectivity index (χ0) is 15.5. The third kappa shape index (κ3) is 2.74. The summed E-state index contributed by atoms with van der Waals surface area (Å²) in [6.07, 6.45) is 2.86. The highest BCUT2D eigenvalue weighted by molar-refractivity contribution is 8.00. The fourth-order valence-corrected chi connectivity index (χ4v) is 2.62. The Labute approximate surface area is 129 Å². The highest BCUT2D eigenvalue weighted by Gasteiger charge is 2.19. The van der Waals surface area contributed by atoms with E-state index in [-0.39, 0.29) is 11.2 Å². The molecule has 0 spiro atoms. The first-order valence-corrected chi connectivity index (χ1v) is 7.44. The molecule has 3 rings (SSSR count). The van der Waals surface area contributed by atoms with Gasteiger partial charge in [-0.25, -0.2) is 19.6 Å². The lowest BCUT2D eigenvalue weighted by Gasteiger charge is -2.10. The molecule has 0 fully saturated rings. The molecule has 0 aromatic carbocycles. The number of H-pyrrole nitrogens is 1. The maximum Gasteiger partial charge on any atom is 0.238 e. The van der Waals surface area contributed by atoms with Gasteiger partial charge in [0.25, 0.3) is 0 Å². The molecule has 3 heterocycles. The van der Waals surface area contributed by atoms with Crippen molar-refractivity contribution in [2.24, 2.45) is 0 Å². The van der Waals surface area contributed by atoms with Crippen molar-refractivity contribution in [1.82, 2.24) is 40.1 Å². The van der Waals surface area contributed by atoms with Crippen molar-refractivity contribution in [1.29, 1.82) is 0 Å². The summed E-state index contributed by atoms with van der Waals surface area (Å²) in [5.74, 6) is 0.195. The fourth-order valence-electron chi connectivity index (χ4n) is 1.77. The number of fused-ring (bicyclic) bond motifs is 1. The van der Waals surface area contributed by atoms with E-state index in [9.17, 15) is 4.79 Å². The first-order chi connectivity index (χ1) is 10.7. The van der Waals surface area contributed by atoms with Crippen LogP contribution in [0.1, 0.15) is 13.8 Å². The van der Waals surface area contributed by atoms with Crippen LogP contribution in [0.5, 0.6) is 0 Å². The molecule has 0 aliphatic carbocycles. The fraction of sp³-hybridized carbons (Fsp3) is 0.364. The Kier molecular flexibility index (Phi) is 3.96. The van der Waals surface area contributed by atoms with Crippen molar-refractivity contribution in [2.45, 2.75) is 30.8 Å². The van der Waals surface area contributed by atoms with Crippen LogP contribution in [0, 0.1) is 0 Å². The number of thioether (sulfide) groups is 1. The van der Waals surface area contributed by atoms with E-state index in [0.29, 0.717) is 28.7 Å². The molecule has 22 heavy (non-hydrogen) atoms. The Morgan fingerprint density at radius 1 is 1.45 bits per heavy atom. The SMILES string of the molecule is CCn1nnnc1S[C@@H](C)C(=O)Nc1ncnc2nc[nH]c12. The van der Waals surface area contributed by atoms with Gasteiger partial charge in [-0.2, -0.15) is 0 Å². The van der Waals surface area contributed by atoms with Crippen LogP contribution in [0.4, 0.5) is 5.82 Å². The van der Waals surface area contributed by atoms with Crippen LogP contribution in [-0.2, 0) is 11.3 Å². The number of anilines is 1. The van der Waals surface area contributed by atoms with Gasteiger partial charge >= 0.3 is 0 Å². The van der Waals surface area contributed by atoms with E-state index < -0.39 is 0 Å². The minimum atomic E-state index is -0.385. The van der Waals surface area contributed by atoms with Gasteiger partial charge in [-0.15, -0.1) is 5.10 Å². The molecule has 0 saturated heterocycles. The molecule has 0 saturated carbocycles. The predicted molar refractivity (Wildman–Crippen MR) is 79.1 cm³/mol. The summed E-state index contributed by atoms with van der Waals surface area (Å²) in [6.45, 7) is 4.35. The molecule has 0 aliphatic heterocycles. The summed E-state index contributed by atoms with van der Waals surface area (Å²) < 4.78 is 1.63. The topological polar surface area (TPSA) is 127 Å². The van der Waals surface area contributed by atoms with Crippen LogP contribution in [-0.4, -0.2) is 51.3 Å². The van der Waals surface area contributed by atoms with E-state index in [1.165, 1.54) is 24.4 Å². The van der Waals surface area contributed by atoms with E-state index in [1.807, 2.05) is 6.92 Å². The largest absolute Gasteiger partial charge is 0.340 e.